The molecule has 2 aromatic rings. The smallest absolute Gasteiger partial charge is 0.339 e. The van der Waals surface area contributed by atoms with Gasteiger partial charge >= 0.3 is 5.97 Å². The molecule has 7 nitrogen and oxygen atoms in total. The summed E-state index contributed by atoms with van der Waals surface area (Å²) < 4.78 is 5.12. The fourth-order valence-electron chi connectivity index (χ4n) is 5.26. The molecule has 0 bridgehead atoms. The quantitative estimate of drug-likeness (QED) is 0.658. The molecule has 3 aliphatic rings. The van der Waals surface area contributed by atoms with E-state index in [9.17, 15) is 14.4 Å². The molecule has 1 unspecified atom stereocenters. The molecule has 1 aliphatic carbocycles. The highest BCUT2D eigenvalue weighted by molar-refractivity contribution is 6.31. The number of amides is 1. The summed E-state index contributed by atoms with van der Waals surface area (Å²) in [5, 5.41) is 3.34. The van der Waals surface area contributed by atoms with E-state index in [1.165, 1.54) is 7.11 Å². The number of allylic oxidation sites excluding steroid dienone is 1. The Labute approximate surface area is 195 Å². The number of fused-ring (bicyclic) bond motifs is 3. The number of esters is 1. The van der Waals surface area contributed by atoms with Crippen LogP contribution in [-0.2, 0) is 24.5 Å². The number of ketones is 1. The number of methoxy groups -OCH3 is 1. The average molecular weight is 464 g/mol. The van der Waals surface area contributed by atoms with Crippen LogP contribution in [0, 0.1) is 6.92 Å². The largest absolute Gasteiger partial charge is 0.466 e. The van der Waals surface area contributed by atoms with Gasteiger partial charge < -0.3 is 15.8 Å². The van der Waals surface area contributed by atoms with Gasteiger partial charge in [0.2, 0.25) is 5.91 Å². The predicted octanol–water partition coefficient (Wildman–Crippen LogP) is 3.71. The second-order valence-corrected chi connectivity index (χ2v) is 8.80. The third-order valence-corrected chi connectivity index (χ3v) is 6.86. The van der Waals surface area contributed by atoms with E-state index in [-0.39, 0.29) is 29.2 Å². The molecular weight excluding hydrogens is 442 g/mol. The number of para-hydroxylation sites is 1. The first-order valence-electron chi connectivity index (χ1n) is 10.6. The molecule has 0 saturated heterocycles. The Bertz CT molecular complexity index is 1310. The lowest BCUT2D eigenvalue weighted by Crippen LogP contribution is -2.53. The maximum Gasteiger partial charge on any atom is 0.339 e. The minimum atomic E-state index is -1.68. The maximum absolute atomic E-state index is 13.7. The third kappa shape index (κ3) is 2.78. The molecular formula is C25H22ClN3O4. The van der Waals surface area contributed by atoms with E-state index in [2.05, 4.69) is 5.32 Å². The standard InChI is InChI=1S/C25H22ClN3O4/c1-13-10-11-14(26)12-18(13)29-17-8-5-9-19(30)20(17)25(21(22(29)27)23(31)33-2)15-6-3-4-7-16(15)28-24(25)32/h3-4,6-7,10-12H,5,8-9,27H2,1-2H3,(H,28,32). The number of Topliss-reactive ketones (excluding diaryl/α,β-unsaturated/α-hetero) is 1. The number of ether oxygens (including phenoxy) is 1. The van der Waals surface area contributed by atoms with E-state index in [1.807, 2.05) is 13.0 Å². The zero-order valence-electron chi connectivity index (χ0n) is 18.2. The highest BCUT2D eigenvalue weighted by Gasteiger charge is 2.61. The summed E-state index contributed by atoms with van der Waals surface area (Å²) in [6.07, 6.45) is 1.39. The number of halogens is 1. The summed E-state index contributed by atoms with van der Waals surface area (Å²) in [5.74, 6) is -1.40. The zero-order valence-corrected chi connectivity index (χ0v) is 19.0. The normalized spacial score (nSPS) is 21.8. The predicted molar refractivity (Wildman–Crippen MR) is 125 cm³/mol. The highest BCUT2D eigenvalue weighted by Crippen LogP contribution is 2.55. The molecule has 5 rings (SSSR count). The number of benzene rings is 2. The second kappa shape index (κ2) is 7.49. The average Bonchev–Trinajstić information content (AvgIpc) is 3.08. The Morgan fingerprint density at radius 2 is 1.94 bits per heavy atom. The Hall–Kier alpha value is -3.58. The van der Waals surface area contributed by atoms with Crippen molar-refractivity contribution in [1.82, 2.24) is 0 Å². The number of hydrogen-bond acceptors (Lipinski definition) is 6. The van der Waals surface area contributed by atoms with Crippen LogP contribution in [0.1, 0.15) is 30.4 Å². The number of rotatable bonds is 2. The summed E-state index contributed by atoms with van der Waals surface area (Å²) in [7, 11) is 1.23. The maximum atomic E-state index is 13.7. The van der Waals surface area contributed by atoms with Gasteiger partial charge in [0.1, 0.15) is 16.8 Å². The highest BCUT2D eigenvalue weighted by atomic mass is 35.5. The number of anilines is 2. The van der Waals surface area contributed by atoms with E-state index in [4.69, 9.17) is 22.1 Å². The summed E-state index contributed by atoms with van der Waals surface area (Å²) in [4.78, 5) is 42.2. The van der Waals surface area contributed by atoms with Gasteiger partial charge in [0.15, 0.2) is 5.78 Å². The number of carbonyl (C=O) groups is 3. The van der Waals surface area contributed by atoms with Crippen molar-refractivity contribution in [3.8, 4) is 0 Å². The van der Waals surface area contributed by atoms with Gasteiger partial charge in [0.05, 0.1) is 12.8 Å². The molecule has 2 heterocycles. The van der Waals surface area contributed by atoms with Crippen LogP contribution in [0.4, 0.5) is 11.4 Å². The Kier molecular flexibility index (Phi) is 4.83. The molecule has 0 aromatic heterocycles. The summed E-state index contributed by atoms with van der Waals surface area (Å²) >= 11 is 6.30. The minimum absolute atomic E-state index is 0.0486. The van der Waals surface area contributed by atoms with Crippen molar-refractivity contribution in [2.24, 2.45) is 5.73 Å². The molecule has 2 aromatic carbocycles. The van der Waals surface area contributed by atoms with Crippen LogP contribution in [0.15, 0.2) is 65.1 Å². The van der Waals surface area contributed by atoms with Gasteiger partial charge in [-0.3, -0.25) is 14.5 Å². The first-order chi connectivity index (χ1) is 15.8. The molecule has 0 radical (unpaired) electrons. The van der Waals surface area contributed by atoms with Crippen molar-refractivity contribution in [2.75, 3.05) is 17.3 Å². The second-order valence-electron chi connectivity index (χ2n) is 8.37. The molecule has 0 saturated carbocycles. The number of hydrogen-bond donors (Lipinski definition) is 2. The topological polar surface area (TPSA) is 102 Å². The van der Waals surface area contributed by atoms with Crippen molar-refractivity contribution in [3.63, 3.8) is 0 Å². The van der Waals surface area contributed by atoms with Gasteiger partial charge in [-0.2, -0.15) is 0 Å². The van der Waals surface area contributed by atoms with Crippen LogP contribution in [0.3, 0.4) is 0 Å². The lowest BCUT2D eigenvalue weighted by molar-refractivity contribution is -0.138. The van der Waals surface area contributed by atoms with Crippen LogP contribution < -0.4 is 16.0 Å². The third-order valence-electron chi connectivity index (χ3n) is 6.62. The van der Waals surface area contributed by atoms with E-state index < -0.39 is 17.3 Å². The fourth-order valence-corrected chi connectivity index (χ4v) is 5.43. The fraction of sp³-hybridized carbons (Fsp3) is 0.240. The molecule has 1 spiro atoms. The molecule has 3 N–H and O–H groups in total. The number of nitrogens with two attached hydrogens (primary N) is 1. The van der Waals surface area contributed by atoms with E-state index in [0.717, 1.165) is 5.56 Å². The van der Waals surface area contributed by atoms with Crippen LogP contribution in [0.5, 0.6) is 0 Å². The molecule has 1 amide bonds. The van der Waals surface area contributed by atoms with Crippen molar-refractivity contribution < 1.29 is 19.1 Å². The molecule has 0 fully saturated rings. The van der Waals surface area contributed by atoms with Crippen LogP contribution in [0.25, 0.3) is 0 Å². The SMILES string of the molecule is COC(=O)C1=C(N)N(c2cc(Cl)ccc2C)C2=C(C(=O)CCC2)C12C(=O)Nc1ccccc12. The Morgan fingerprint density at radius 3 is 2.70 bits per heavy atom. The lowest BCUT2D eigenvalue weighted by Gasteiger charge is -2.44. The lowest BCUT2D eigenvalue weighted by atomic mass is 9.63. The minimum Gasteiger partial charge on any atom is -0.466 e. The van der Waals surface area contributed by atoms with E-state index in [1.54, 1.807) is 41.3 Å². The summed E-state index contributed by atoms with van der Waals surface area (Å²) in [5.41, 5.74) is 8.39. The molecule has 1 atom stereocenters. The molecule has 2 aliphatic heterocycles. The van der Waals surface area contributed by atoms with Crippen LogP contribution in [-0.4, -0.2) is 24.8 Å². The van der Waals surface area contributed by atoms with Gasteiger partial charge in [-0.15, -0.1) is 0 Å². The van der Waals surface area contributed by atoms with Crippen molar-refractivity contribution in [3.05, 3.63) is 81.3 Å². The van der Waals surface area contributed by atoms with Gasteiger partial charge in [0, 0.05) is 34.0 Å². The zero-order chi connectivity index (χ0) is 23.5. The van der Waals surface area contributed by atoms with E-state index in [0.29, 0.717) is 40.5 Å². The molecule has 8 heteroatoms. The van der Waals surface area contributed by atoms with E-state index >= 15 is 0 Å². The Morgan fingerprint density at radius 1 is 1.18 bits per heavy atom. The van der Waals surface area contributed by atoms with Crippen molar-refractivity contribution in [1.29, 1.82) is 0 Å². The Balaban J connectivity index is 1.93. The van der Waals surface area contributed by atoms with Crippen molar-refractivity contribution >= 4 is 40.6 Å². The summed E-state index contributed by atoms with van der Waals surface area (Å²) in [6.45, 7) is 1.89. The molecule has 168 valence electrons. The monoisotopic (exact) mass is 463 g/mol. The number of aryl methyl sites for hydroxylation is 1. The molecule has 33 heavy (non-hydrogen) atoms. The number of carbonyl (C=O) groups excluding carboxylic acids is 3. The number of nitrogens with zero attached hydrogens (tertiary/aromatic N) is 1. The number of nitrogens with one attached hydrogen (secondary N) is 1. The van der Waals surface area contributed by atoms with Gasteiger partial charge in [0.25, 0.3) is 0 Å². The van der Waals surface area contributed by atoms with Crippen LogP contribution >= 0.6 is 11.6 Å². The first-order valence-corrected chi connectivity index (χ1v) is 11.0. The summed E-state index contributed by atoms with van der Waals surface area (Å²) in [6, 6.07) is 12.4. The van der Waals surface area contributed by atoms with Gasteiger partial charge in [-0.05, 0) is 43.5 Å². The van der Waals surface area contributed by atoms with Crippen LogP contribution in [0.2, 0.25) is 5.02 Å². The first kappa shape index (κ1) is 21.3. The van der Waals surface area contributed by atoms with Crippen molar-refractivity contribution in [2.45, 2.75) is 31.6 Å². The van der Waals surface area contributed by atoms with Gasteiger partial charge in [-0.1, -0.05) is 35.9 Å². The van der Waals surface area contributed by atoms with Gasteiger partial charge in [-0.25, -0.2) is 4.79 Å².